The predicted molar refractivity (Wildman–Crippen MR) is 101 cm³/mol. The molecular formula is C20H18ClN3O. The van der Waals surface area contributed by atoms with Gasteiger partial charge in [-0.1, -0.05) is 41.9 Å². The standard InChI is InChI=1S/C20H18ClN3O/c1-24(18-5-3-2-4-6-18)19-13-16(11-12-22-19)20(25)23-14-15-7-9-17(21)10-8-15/h2-13H,14H2,1H3,(H,23,25). The number of aromatic nitrogens is 1. The lowest BCUT2D eigenvalue weighted by Gasteiger charge is -2.18. The molecule has 0 saturated heterocycles. The van der Waals surface area contributed by atoms with Gasteiger partial charge < -0.3 is 10.2 Å². The minimum atomic E-state index is -0.139. The minimum absolute atomic E-state index is 0.139. The summed E-state index contributed by atoms with van der Waals surface area (Å²) < 4.78 is 0. The number of carbonyl (C=O) groups is 1. The molecule has 1 heterocycles. The number of para-hydroxylation sites is 1. The summed E-state index contributed by atoms with van der Waals surface area (Å²) in [5, 5.41) is 3.59. The molecule has 126 valence electrons. The largest absolute Gasteiger partial charge is 0.348 e. The number of nitrogens with zero attached hydrogens (tertiary/aromatic N) is 2. The van der Waals surface area contributed by atoms with Crippen LogP contribution in [-0.2, 0) is 6.54 Å². The molecule has 25 heavy (non-hydrogen) atoms. The highest BCUT2D eigenvalue weighted by Crippen LogP contribution is 2.21. The number of carbonyl (C=O) groups excluding carboxylic acids is 1. The Morgan fingerprint density at radius 2 is 1.80 bits per heavy atom. The summed E-state index contributed by atoms with van der Waals surface area (Å²) in [7, 11) is 1.92. The molecule has 0 atom stereocenters. The lowest BCUT2D eigenvalue weighted by atomic mass is 10.2. The smallest absolute Gasteiger partial charge is 0.251 e. The van der Waals surface area contributed by atoms with Crippen LogP contribution >= 0.6 is 11.6 Å². The molecule has 0 spiro atoms. The van der Waals surface area contributed by atoms with Crippen molar-refractivity contribution in [2.75, 3.05) is 11.9 Å². The topological polar surface area (TPSA) is 45.2 Å². The van der Waals surface area contributed by atoms with Crippen molar-refractivity contribution in [1.82, 2.24) is 10.3 Å². The number of anilines is 2. The fourth-order valence-electron chi connectivity index (χ4n) is 2.41. The van der Waals surface area contributed by atoms with Crippen molar-refractivity contribution in [3.05, 3.63) is 89.1 Å². The van der Waals surface area contributed by atoms with Crippen molar-refractivity contribution in [3.8, 4) is 0 Å². The van der Waals surface area contributed by atoms with E-state index < -0.39 is 0 Å². The average molecular weight is 352 g/mol. The van der Waals surface area contributed by atoms with E-state index >= 15 is 0 Å². The third kappa shape index (κ3) is 4.37. The molecule has 0 aliphatic heterocycles. The van der Waals surface area contributed by atoms with Gasteiger partial charge in [0.2, 0.25) is 0 Å². The van der Waals surface area contributed by atoms with Crippen LogP contribution in [0.25, 0.3) is 0 Å². The summed E-state index contributed by atoms with van der Waals surface area (Å²) in [6, 6.07) is 20.8. The van der Waals surface area contributed by atoms with Gasteiger partial charge in [-0.2, -0.15) is 0 Å². The number of nitrogens with one attached hydrogen (secondary N) is 1. The fourth-order valence-corrected chi connectivity index (χ4v) is 2.54. The van der Waals surface area contributed by atoms with E-state index in [0.29, 0.717) is 22.9 Å². The highest BCUT2D eigenvalue weighted by atomic mass is 35.5. The Hall–Kier alpha value is -2.85. The molecule has 0 saturated carbocycles. The normalized spacial score (nSPS) is 10.3. The van der Waals surface area contributed by atoms with Gasteiger partial charge in [-0.05, 0) is 42.0 Å². The molecular weight excluding hydrogens is 334 g/mol. The van der Waals surface area contributed by atoms with Gasteiger partial charge in [0.25, 0.3) is 5.91 Å². The van der Waals surface area contributed by atoms with Crippen LogP contribution in [-0.4, -0.2) is 17.9 Å². The van der Waals surface area contributed by atoms with Crippen LogP contribution in [0.3, 0.4) is 0 Å². The minimum Gasteiger partial charge on any atom is -0.348 e. The van der Waals surface area contributed by atoms with Gasteiger partial charge in [-0.15, -0.1) is 0 Å². The van der Waals surface area contributed by atoms with E-state index in [4.69, 9.17) is 11.6 Å². The summed E-state index contributed by atoms with van der Waals surface area (Å²) in [4.78, 5) is 18.7. The summed E-state index contributed by atoms with van der Waals surface area (Å²) in [6.45, 7) is 0.447. The second-order valence-corrected chi connectivity index (χ2v) is 6.04. The SMILES string of the molecule is CN(c1ccccc1)c1cc(C(=O)NCc2ccc(Cl)cc2)ccn1. The quantitative estimate of drug-likeness (QED) is 0.739. The van der Waals surface area contributed by atoms with E-state index in [1.54, 1.807) is 18.3 Å². The molecule has 0 unspecified atom stereocenters. The van der Waals surface area contributed by atoms with E-state index in [-0.39, 0.29) is 5.91 Å². The second kappa shape index (κ2) is 7.81. The van der Waals surface area contributed by atoms with Crippen LogP contribution in [0, 0.1) is 0 Å². The molecule has 0 aliphatic rings. The Labute approximate surface area is 152 Å². The van der Waals surface area contributed by atoms with E-state index in [1.165, 1.54) is 0 Å². The molecule has 5 heteroatoms. The first-order chi connectivity index (χ1) is 12.1. The van der Waals surface area contributed by atoms with E-state index in [2.05, 4.69) is 10.3 Å². The van der Waals surface area contributed by atoms with Crippen molar-refractivity contribution in [2.24, 2.45) is 0 Å². The van der Waals surface area contributed by atoms with Gasteiger partial charge >= 0.3 is 0 Å². The van der Waals surface area contributed by atoms with Gasteiger partial charge in [0.1, 0.15) is 5.82 Å². The highest BCUT2D eigenvalue weighted by molar-refractivity contribution is 6.30. The van der Waals surface area contributed by atoms with Crippen LogP contribution in [0.2, 0.25) is 5.02 Å². The van der Waals surface area contributed by atoms with E-state index in [1.807, 2.05) is 66.5 Å². The first-order valence-corrected chi connectivity index (χ1v) is 8.29. The molecule has 2 aromatic carbocycles. The van der Waals surface area contributed by atoms with Crippen molar-refractivity contribution < 1.29 is 4.79 Å². The maximum absolute atomic E-state index is 12.4. The highest BCUT2D eigenvalue weighted by Gasteiger charge is 2.10. The number of rotatable bonds is 5. The van der Waals surface area contributed by atoms with E-state index in [0.717, 1.165) is 11.3 Å². The number of hydrogen-bond donors (Lipinski definition) is 1. The van der Waals surface area contributed by atoms with Gasteiger partial charge in [0.05, 0.1) is 0 Å². The van der Waals surface area contributed by atoms with Crippen molar-refractivity contribution in [1.29, 1.82) is 0 Å². The summed E-state index contributed by atoms with van der Waals surface area (Å²) in [5.74, 6) is 0.574. The number of pyridine rings is 1. The summed E-state index contributed by atoms with van der Waals surface area (Å²) in [6.07, 6.45) is 1.64. The Morgan fingerprint density at radius 1 is 1.08 bits per heavy atom. The van der Waals surface area contributed by atoms with Crippen LogP contribution < -0.4 is 10.2 Å². The summed E-state index contributed by atoms with van der Waals surface area (Å²) in [5.41, 5.74) is 2.57. The molecule has 0 aliphatic carbocycles. The molecule has 1 N–H and O–H groups in total. The fraction of sp³-hybridized carbons (Fsp3) is 0.100. The molecule has 3 aromatic rings. The monoisotopic (exact) mass is 351 g/mol. The zero-order chi connectivity index (χ0) is 17.6. The number of hydrogen-bond acceptors (Lipinski definition) is 3. The lowest BCUT2D eigenvalue weighted by molar-refractivity contribution is 0.0951. The predicted octanol–water partition coefficient (Wildman–Crippen LogP) is 4.43. The second-order valence-electron chi connectivity index (χ2n) is 5.61. The van der Waals surface area contributed by atoms with Gasteiger partial charge in [-0.25, -0.2) is 4.98 Å². The van der Waals surface area contributed by atoms with E-state index in [9.17, 15) is 4.79 Å². The molecule has 0 fully saturated rings. The van der Waals surface area contributed by atoms with Crippen molar-refractivity contribution >= 4 is 29.0 Å². The Kier molecular flexibility index (Phi) is 5.31. The Bertz CT molecular complexity index is 850. The molecule has 1 aromatic heterocycles. The maximum Gasteiger partial charge on any atom is 0.251 e. The first-order valence-electron chi connectivity index (χ1n) is 7.91. The van der Waals surface area contributed by atoms with Gasteiger partial charge in [0, 0.05) is 36.1 Å². The van der Waals surface area contributed by atoms with Crippen LogP contribution in [0.4, 0.5) is 11.5 Å². The number of halogens is 1. The Morgan fingerprint density at radius 3 is 2.52 bits per heavy atom. The molecule has 4 nitrogen and oxygen atoms in total. The van der Waals surface area contributed by atoms with Crippen molar-refractivity contribution in [3.63, 3.8) is 0 Å². The maximum atomic E-state index is 12.4. The molecule has 0 radical (unpaired) electrons. The Balaban J connectivity index is 1.70. The van der Waals surface area contributed by atoms with Gasteiger partial charge in [0.15, 0.2) is 0 Å². The third-order valence-electron chi connectivity index (χ3n) is 3.86. The summed E-state index contributed by atoms with van der Waals surface area (Å²) >= 11 is 5.87. The average Bonchev–Trinajstić information content (AvgIpc) is 2.67. The zero-order valence-electron chi connectivity index (χ0n) is 13.8. The van der Waals surface area contributed by atoms with Crippen LogP contribution in [0.15, 0.2) is 72.9 Å². The molecule has 0 bridgehead atoms. The molecule has 1 amide bonds. The first kappa shape index (κ1) is 17.0. The lowest BCUT2D eigenvalue weighted by Crippen LogP contribution is -2.23. The number of benzene rings is 2. The third-order valence-corrected chi connectivity index (χ3v) is 4.11. The number of amides is 1. The van der Waals surface area contributed by atoms with Crippen LogP contribution in [0.5, 0.6) is 0 Å². The van der Waals surface area contributed by atoms with Crippen LogP contribution in [0.1, 0.15) is 15.9 Å². The molecule has 3 rings (SSSR count). The van der Waals surface area contributed by atoms with Gasteiger partial charge in [-0.3, -0.25) is 4.79 Å². The zero-order valence-corrected chi connectivity index (χ0v) is 14.6. The van der Waals surface area contributed by atoms with Crippen molar-refractivity contribution in [2.45, 2.75) is 6.54 Å².